The van der Waals surface area contributed by atoms with Gasteiger partial charge in [0.1, 0.15) is 11.9 Å². The maximum Gasteiger partial charge on any atom is 0.236 e. The predicted molar refractivity (Wildman–Crippen MR) is 96.1 cm³/mol. The molecule has 0 spiro atoms. The molecule has 2 amide bonds. The number of nitrogens with zero attached hydrogens (tertiary/aromatic N) is 5. The van der Waals surface area contributed by atoms with Gasteiger partial charge in [-0.1, -0.05) is 0 Å². The van der Waals surface area contributed by atoms with E-state index in [0.29, 0.717) is 31.0 Å². The van der Waals surface area contributed by atoms with Gasteiger partial charge in [0, 0.05) is 45.5 Å². The zero-order valence-electron chi connectivity index (χ0n) is 14.8. The van der Waals surface area contributed by atoms with Gasteiger partial charge < -0.3 is 15.5 Å². The maximum absolute atomic E-state index is 12.5. The topological polar surface area (TPSA) is 107 Å². The van der Waals surface area contributed by atoms with E-state index in [1.807, 2.05) is 0 Å². The fraction of sp³-hybridized carbons (Fsp3) is 0.556. The van der Waals surface area contributed by atoms with Crippen molar-refractivity contribution in [2.45, 2.75) is 12.8 Å². The Morgan fingerprint density at radius 3 is 2.73 bits per heavy atom. The van der Waals surface area contributed by atoms with Gasteiger partial charge in [0.05, 0.1) is 18.0 Å². The molecule has 0 saturated carbocycles. The van der Waals surface area contributed by atoms with Crippen molar-refractivity contribution in [3.63, 3.8) is 0 Å². The zero-order valence-corrected chi connectivity index (χ0v) is 14.8. The van der Waals surface area contributed by atoms with Crippen LogP contribution in [0.1, 0.15) is 18.4 Å². The first-order valence-corrected chi connectivity index (χ1v) is 8.98. The lowest BCUT2D eigenvalue weighted by Crippen LogP contribution is -2.52. The van der Waals surface area contributed by atoms with Crippen LogP contribution in [0.3, 0.4) is 0 Å². The minimum Gasteiger partial charge on any atom is -0.369 e. The first kappa shape index (κ1) is 18.1. The molecule has 0 radical (unpaired) electrons. The Bertz CT molecular complexity index is 708. The monoisotopic (exact) mass is 356 g/mol. The molecular weight excluding hydrogens is 332 g/mol. The summed E-state index contributed by atoms with van der Waals surface area (Å²) in [6.07, 6.45) is 3.28. The van der Waals surface area contributed by atoms with E-state index < -0.39 is 0 Å². The second-order valence-corrected chi connectivity index (χ2v) is 6.83. The number of piperazine rings is 1. The summed E-state index contributed by atoms with van der Waals surface area (Å²) in [5.41, 5.74) is 5.96. The Balaban J connectivity index is 1.52. The molecule has 0 aliphatic carbocycles. The predicted octanol–water partition coefficient (Wildman–Crippen LogP) is -0.201. The van der Waals surface area contributed by atoms with Crippen molar-refractivity contribution in [2.24, 2.45) is 11.7 Å². The molecule has 1 aromatic rings. The third kappa shape index (κ3) is 4.11. The number of nitrogens with two attached hydrogens (primary N) is 1. The van der Waals surface area contributed by atoms with Crippen LogP contribution in [0.4, 0.5) is 5.82 Å². The molecule has 26 heavy (non-hydrogen) atoms. The number of amides is 2. The van der Waals surface area contributed by atoms with Crippen molar-refractivity contribution in [3.05, 3.63) is 23.9 Å². The van der Waals surface area contributed by atoms with E-state index in [1.54, 1.807) is 23.2 Å². The summed E-state index contributed by atoms with van der Waals surface area (Å²) in [6.45, 7) is 4.41. The lowest BCUT2D eigenvalue weighted by atomic mass is 9.97. The van der Waals surface area contributed by atoms with Gasteiger partial charge in [-0.15, -0.1) is 0 Å². The Morgan fingerprint density at radius 1 is 1.27 bits per heavy atom. The van der Waals surface area contributed by atoms with Gasteiger partial charge in [-0.05, 0) is 25.0 Å². The number of pyridine rings is 1. The highest BCUT2D eigenvalue weighted by molar-refractivity contribution is 5.81. The van der Waals surface area contributed by atoms with Crippen LogP contribution in [0.15, 0.2) is 18.3 Å². The van der Waals surface area contributed by atoms with Crippen molar-refractivity contribution in [3.8, 4) is 6.07 Å². The highest BCUT2D eigenvalue weighted by Gasteiger charge is 2.29. The van der Waals surface area contributed by atoms with Crippen LogP contribution in [0.2, 0.25) is 0 Å². The summed E-state index contributed by atoms with van der Waals surface area (Å²) >= 11 is 0. The minimum absolute atomic E-state index is 0.0555. The molecule has 8 nitrogen and oxygen atoms in total. The quantitative estimate of drug-likeness (QED) is 0.801. The summed E-state index contributed by atoms with van der Waals surface area (Å²) in [5, 5.41) is 9.21. The number of piperidine rings is 1. The smallest absolute Gasteiger partial charge is 0.236 e. The van der Waals surface area contributed by atoms with E-state index in [4.69, 9.17) is 5.73 Å². The number of nitriles is 1. The molecule has 2 aliphatic rings. The van der Waals surface area contributed by atoms with Crippen LogP contribution in [0.25, 0.3) is 0 Å². The lowest BCUT2D eigenvalue weighted by molar-refractivity contribution is -0.136. The van der Waals surface area contributed by atoms with Crippen molar-refractivity contribution in [1.82, 2.24) is 14.8 Å². The third-order valence-electron chi connectivity index (χ3n) is 5.11. The maximum atomic E-state index is 12.5. The molecule has 2 fully saturated rings. The number of aromatic nitrogens is 1. The molecule has 2 aliphatic heterocycles. The van der Waals surface area contributed by atoms with Crippen LogP contribution in [0.5, 0.6) is 0 Å². The lowest BCUT2D eigenvalue weighted by Gasteiger charge is -2.37. The average molecular weight is 356 g/mol. The van der Waals surface area contributed by atoms with E-state index in [1.165, 1.54) is 0 Å². The van der Waals surface area contributed by atoms with Crippen LogP contribution < -0.4 is 10.6 Å². The highest BCUT2D eigenvalue weighted by Crippen LogP contribution is 2.19. The molecule has 8 heteroatoms. The SMILES string of the molecule is N#Cc1cccnc1N1CCN(CC(=O)N2CCCC(C(N)=O)C2)CC1. The van der Waals surface area contributed by atoms with Gasteiger partial charge in [0.15, 0.2) is 0 Å². The number of carbonyl (C=O) groups is 2. The number of primary amides is 1. The summed E-state index contributed by atoms with van der Waals surface area (Å²) in [7, 11) is 0. The largest absolute Gasteiger partial charge is 0.369 e. The summed E-state index contributed by atoms with van der Waals surface area (Å²) in [4.78, 5) is 34.2. The summed E-state index contributed by atoms with van der Waals surface area (Å²) in [5.74, 6) is 0.221. The van der Waals surface area contributed by atoms with E-state index in [9.17, 15) is 14.9 Å². The fourth-order valence-corrected chi connectivity index (χ4v) is 3.58. The second kappa shape index (κ2) is 8.15. The molecule has 1 aromatic heterocycles. The Hall–Kier alpha value is -2.66. The van der Waals surface area contributed by atoms with Crippen LogP contribution in [-0.2, 0) is 9.59 Å². The average Bonchev–Trinajstić information content (AvgIpc) is 2.68. The van der Waals surface area contributed by atoms with Crippen molar-refractivity contribution in [2.75, 3.05) is 50.7 Å². The van der Waals surface area contributed by atoms with Gasteiger partial charge in [-0.3, -0.25) is 14.5 Å². The van der Waals surface area contributed by atoms with Gasteiger partial charge in [-0.25, -0.2) is 4.98 Å². The molecule has 2 N–H and O–H groups in total. The van der Waals surface area contributed by atoms with E-state index in [-0.39, 0.29) is 17.7 Å². The molecule has 3 rings (SSSR count). The van der Waals surface area contributed by atoms with Crippen molar-refractivity contribution < 1.29 is 9.59 Å². The summed E-state index contributed by atoms with van der Waals surface area (Å²) < 4.78 is 0. The third-order valence-corrected chi connectivity index (χ3v) is 5.11. The van der Waals surface area contributed by atoms with Crippen LogP contribution in [0, 0.1) is 17.2 Å². The Labute approximate surface area is 153 Å². The van der Waals surface area contributed by atoms with Crippen molar-refractivity contribution in [1.29, 1.82) is 5.26 Å². The van der Waals surface area contributed by atoms with Gasteiger partial charge in [0.25, 0.3) is 0 Å². The first-order valence-electron chi connectivity index (χ1n) is 8.98. The Morgan fingerprint density at radius 2 is 2.04 bits per heavy atom. The molecule has 3 heterocycles. The summed E-state index contributed by atoms with van der Waals surface area (Å²) in [6, 6.07) is 5.70. The standard InChI is InChI=1S/C18H24N6O2/c19-11-14-3-1-5-21-18(14)23-9-7-22(8-10-23)13-16(25)24-6-2-4-15(12-24)17(20)26/h1,3,5,15H,2,4,6-10,12-13H2,(H2,20,26). The zero-order chi connectivity index (χ0) is 18.5. The van der Waals surface area contributed by atoms with Gasteiger partial charge >= 0.3 is 0 Å². The minimum atomic E-state index is -0.320. The van der Waals surface area contributed by atoms with E-state index in [0.717, 1.165) is 39.0 Å². The van der Waals surface area contributed by atoms with E-state index in [2.05, 4.69) is 20.9 Å². The highest BCUT2D eigenvalue weighted by atomic mass is 16.2. The molecule has 1 unspecified atom stereocenters. The van der Waals surface area contributed by atoms with Crippen LogP contribution >= 0.6 is 0 Å². The Kier molecular flexibility index (Phi) is 5.68. The molecule has 1 atom stereocenters. The number of carbonyl (C=O) groups excluding carboxylic acids is 2. The number of likely N-dealkylation sites (tertiary alicyclic amines) is 1. The number of hydrogen-bond donors (Lipinski definition) is 1. The van der Waals surface area contributed by atoms with Gasteiger partial charge in [-0.2, -0.15) is 5.26 Å². The fourth-order valence-electron chi connectivity index (χ4n) is 3.58. The van der Waals surface area contributed by atoms with Crippen LogP contribution in [-0.4, -0.2) is 72.4 Å². The number of anilines is 1. The van der Waals surface area contributed by atoms with E-state index >= 15 is 0 Å². The van der Waals surface area contributed by atoms with Crippen molar-refractivity contribution >= 4 is 17.6 Å². The molecular formula is C18H24N6O2. The molecule has 138 valence electrons. The molecule has 0 bridgehead atoms. The number of hydrogen-bond acceptors (Lipinski definition) is 6. The number of rotatable bonds is 4. The normalized spacial score (nSPS) is 21.3. The molecule has 0 aromatic carbocycles. The van der Waals surface area contributed by atoms with Gasteiger partial charge in [0.2, 0.25) is 11.8 Å². The first-order chi connectivity index (χ1) is 12.6. The second-order valence-electron chi connectivity index (χ2n) is 6.83. The molecule has 2 saturated heterocycles.